The molecule has 1 aliphatic carbocycles. The molecule has 1 aromatic heterocycles. The number of hydrogen-bond acceptors (Lipinski definition) is 4. The van der Waals surface area contributed by atoms with E-state index in [9.17, 15) is 9.90 Å². The van der Waals surface area contributed by atoms with Crippen molar-refractivity contribution < 1.29 is 9.90 Å². The van der Waals surface area contributed by atoms with Gasteiger partial charge in [0, 0.05) is 16.6 Å². The zero-order chi connectivity index (χ0) is 14.9. The minimum absolute atomic E-state index is 0.294. The first-order valence-corrected chi connectivity index (χ1v) is 8.01. The number of aryl methyl sites for hydroxylation is 1. The molecule has 0 atom stereocenters. The zero-order valence-electron chi connectivity index (χ0n) is 11.9. The molecule has 1 aromatic carbocycles. The second-order valence-corrected chi connectivity index (χ2v) is 6.58. The number of aromatic nitrogens is 1. The van der Waals surface area contributed by atoms with Crippen LogP contribution in [0, 0.1) is 6.92 Å². The van der Waals surface area contributed by atoms with Crippen molar-refractivity contribution in [2.75, 3.05) is 5.32 Å². The first-order valence-electron chi connectivity index (χ1n) is 7.13. The number of nitrogens with zero attached hydrogens (tertiary/aromatic N) is 1. The number of anilines is 1. The summed E-state index contributed by atoms with van der Waals surface area (Å²) >= 11 is 1.62. The Kier molecular flexibility index (Phi) is 3.78. The van der Waals surface area contributed by atoms with Gasteiger partial charge in [0.05, 0.1) is 10.7 Å². The van der Waals surface area contributed by atoms with E-state index in [1.165, 1.54) is 0 Å². The lowest BCUT2D eigenvalue weighted by molar-refractivity contribution is -0.133. The molecule has 0 aliphatic heterocycles. The van der Waals surface area contributed by atoms with Crippen LogP contribution >= 0.6 is 11.3 Å². The molecule has 3 rings (SSSR count). The highest BCUT2D eigenvalue weighted by Gasteiger charge is 2.38. The number of carbonyl (C=O) groups is 1. The SMILES string of the molecule is Cc1nc(-c2ccc(NC(=O)C3(O)CCCC3)cc2)cs1. The monoisotopic (exact) mass is 302 g/mol. The fourth-order valence-corrected chi connectivity index (χ4v) is 3.28. The summed E-state index contributed by atoms with van der Waals surface area (Å²) in [5, 5.41) is 16.1. The van der Waals surface area contributed by atoms with Gasteiger partial charge in [-0.1, -0.05) is 12.1 Å². The molecule has 0 spiro atoms. The Hall–Kier alpha value is -1.72. The molecule has 1 saturated carbocycles. The third-order valence-electron chi connectivity index (χ3n) is 3.91. The molecule has 2 aromatic rings. The van der Waals surface area contributed by atoms with Crippen LogP contribution in [0.5, 0.6) is 0 Å². The Bertz CT molecular complexity index is 643. The normalized spacial score (nSPS) is 16.9. The van der Waals surface area contributed by atoms with Crippen LogP contribution in [0.4, 0.5) is 5.69 Å². The molecule has 110 valence electrons. The third kappa shape index (κ3) is 2.99. The maximum atomic E-state index is 12.1. The largest absolute Gasteiger partial charge is 0.380 e. The van der Waals surface area contributed by atoms with Crippen LogP contribution < -0.4 is 5.32 Å². The predicted octanol–water partition coefficient (Wildman–Crippen LogP) is 3.36. The number of thiazole rings is 1. The van der Waals surface area contributed by atoms with Crippen molar-refractivity contribution in [1.82, 2.24) is 4.98 Å². The minimum Gasteiger partial charge on any atom is -0.380 e. The first kappa shape index (κ1) is 14.2. The van der Waals surface area contributed by atoms with Crippen molar-refractivity contribution >= 4 is 22.9 Å². The number of hydrogen-bond donors (Lipinski definition) is 2. The van der Waals surface area contributed by atoms with E-state index in [1.807, 2.05) is 36.6 Å². The van der Waals surface area contributed by atoms with Crippen molar-refractivity contribution in [3.63, 3.8) is 0 Å². The zero-order valence-corrected chi connectivity index (χ0v) is 12.7. The smallest absolute Gasteiger partial charge is 0.256 e. The van der Waals surface area contributed by atoms with Gasteiger partial charge >= 0.3 is 0 Å². The van der Waals surface area contributed by atoms with E-state index in [0.29, 0.717) is 18.5 Å². The van der Waals surface area contributed by atoms with Gasteiger partial charge in [0.15, 0.2) is 0 Å². The summed E-state index contributed by atoms with van der Waals surface area (Å²) < 4.78 is 0. The van der Waals surface area contributed by atoms with E-state index in [1.54, 1.807) is 11.3 Å². The summed E-state index contributed by atoms with van der Waals surface area (Å²) in [6, 6.07) is 7.56. The van der Waals surface area contributed by atoms with Gasteiger partial charge in [-0.25, -0.2) is 4.98 Å². The van der Waals surface area contributed by atoms with E-state index in [2.05, 4.69) is 10.3 Å². The van der Waals surface area contributed by atoms with Gasteiger partial charge < -0.3 is 10.4 Å². The van der Waals surface area contributed by atoms with Gasteiger partial charge in [-0.05, 0) is 44.7 Å². The number of nitrogens with one attached hydrogen (secondary N) is 1. The van der Waals surface area contributed by atoms with Gasteiger partial charge in [0.2, 0.25) is 0 Å². The number of benzene rings is 1. The van der Waals surface area contributed by atoms with Crippen LogP contribution in [0.1, 0.15) is 30.7 Å². The maximum Gasteiger partial charge on any atom is 0.256 e. The van der Waals surface area contributed by atoms with Gasteiger partial charge in [-0.2, -0.15) is 0 Å². The van der Waals surface area contributed by atoms with Crippen LogP contribution in [-0.4, -0.2) is 21.6 Å². The Morgan fingerprint density at radius 3 is 2.52 bits per heavy atom. The van der Waals surface area contributed by atoms with Crippen LogP contribution in [0.25, 0.3) is 11.3 Å². The average Bonchev–Trinajstić information content (AvgIpc) is 3.09. The maximum absolute atomic E-state index is 12.1. The van der Waals surface area contributed by atoms with E-state index in [-0.39, 0.29) is 5.91 Å². The Morgan fingerprint density at radius 2 is 1.95 bits per heavy atom. The number of aliphatic hydroxyl groups is 1. The number of carbonyl (C=O) groups excluding carboxylic acids is 1. The van der Waals surface area contributed by atoms with Crippen LogP contribution in [0.3, 0.4) is 0 Å². The third-order valence-corrected chi connectivity index (χ3v) is 4.68. The molecular formula is C16H18N2O2S. The second-order valence-electron chi connectivity index (χ2n) is 5.52. The average molecular weight is 302 g/mol. The molecular weight excluding hydrogens is 284 g/mol. The quantitative estimate of drug-likeness (QED) is 0.914. The highest BCUT2D eigenvalue weighted by molar-refractivity contribution is 7.09. The van der Waals surface area contributed by atoms with Gasteiger partial charge in [-0.15, -0.1) is 11.3 Å². The lowest BCUT2D eigenvalue weighted by Crippen LogP contribution is -2.40. The molecule has 5 heteroatoms. The molecule has 4 nitrogen and oxygen atoms in total. The lowest BCUT2D eigenvalue weighted by Gasteiger charge is -2.20. The van der Waals surface area contributed by atoms with E-state index < -0.39 is 5.60 Å². The van der Waals surface area contributed by atoms with Crippen molar-refractivity contribution in [1.29, 1.82) is 0 Å². The van der Waals surface area contributed by atoms with Gasteiger partial charge in [-0.3, -0.25) is 4.79 Å². The van der Waals surface area contributed by atoms with Gasteiger partial charge in [0.25, 0.3) is 5.91 Å². The minimum atomic E-state index is -1.19. The van der Waals surface area contributed by atoms with Crippen molar-refractivity contribution in [3.8, 4) is 11.3 Å². The Morgan fingerprint density at radius 1 is 1.29 bits per heavy atom. The Labute approximate surface area is 127 Å². The molecule has 0 saturated heterocycles. The highest BCUT2D eigenvalue weighted by Crippen LogP contribution is 2.31. The standard InChI is InChI=1S/C16H18N2O2S/c1-11-17-14(10-21-11)12-4-6-13(7-5-12)18-15(19)16(20)8-2-3-9-16/h4-7,10,20H,2-3,8-9H2,1H3,(H,18,19). The summed E-state index contributed by atoms with van der Waals surface area (Å²) in [7, 11) is 0. The molecule has 1 amide bonds. The summed E-state index contributed by atoms with van der Waals surface area (Å²) in [6.07, 6.45) is 2.92. The van der Waals surface area contributed by atoms with E-state index in [4.69, 9.17) is 0 Å². The van der Waals surface area contributed by atoms with Crippen molar-refractivity contribution in [3.05, 3.63) is 34.7 Å². The number of amides is 1. The summed E-state index contributed by atoms with van der Waals surface area (Å²) in [6.45, 7) is 1.98. The molecule has 1 heterocycles. The van der Waals surface area contributed by atoms with E-state index >= 15 is 0 Å². The molecule has 0 radical (unpaired) electrons. The van der Waals surface area contributed by atoms with Gasteiger partial charge in [0.1, 0.15) is 5.60 Å². The van der Waals surface area contributed by atoms with Crippen LogP contribution in [0.15, 0.2) is 29.6 Å². The lowest BCUT2D eigenvalue weighted by atomic mass is 10.0. The highest BCUT2D eigenvalue weighted by atomic mass is 32.1. The molecule has 0 bridgehead atoms. The summed E-state index contributed by atoms with van der Waals surface area (Å²) in [5.41, 5.74) is 1.49. The van der Waals surface area contributed by atoms with Crippen LogP contribution in [-0.2, 0) is 4.79 Å². The number of rotatable bonds is 3. The molecule has 0 unspecified atom stereocenters. The van der Waals surface area contributed by atoms with Crippen molar-refractivity contribution in [2.45, 2.75) is 38.2 Å². The summed E-state index contributed by atoms with van der Waals surface area (Å²) in [5.74, 6) is -0.294. The second kappa shape index (κ2) is 5.58. The fraction of sp³-hybridized carbons (Fsp3) is 0.375. The molecule has 21 heavy (non-hydrogen) atoms. The molecule has 1 aliphatic rings. The van der Waals surface area contributed by atoms with E-state index in [0.717, 1.165) is 29.1 Å². The Balaban J connectivity index is 1.71. The molecule has 1 fully saturated rings. The van der Waals surface area contributed by atoms with Crippen molar-refractivity contribution in [2.24, 2.45) is 0 Å². The van der Waals surface area contributed by atoms with Crippen LogP contribution in [0.2, 0.25) is 0 Å². The predicted molar refractivity (Wildman–Crippen MR) is 84.3 cm³/mol. The fourth-order valence-electron chi connectivity index (χ4n) is 2.65. The molecule has 2 N–H and O–H groups in total. The topological polar surface area (TPSA) is 62.2 Å². The first-order chi connectivity index (χ1) is 10.1. The summed E-state index contributed by atoms with van der Waals surface area (Å²) in [4.78, 5) is 16.6.